The van der Waals surface area contributed by atoms with E-state index in [-0.39, 0.29) is 34.6 Å². The third kappa shape index (κ3) is 4.63. The SMILES string of the molecule is CCC(=O)CN1CC[N+]([C@H]2CC[C@@H](C(C(N)=O)(c3ccccc3)c3ccccc3)C2)=C1C.[Br-]. The zero-order valence-corrected chi connectivity index (χ0v) is 21.1. The van der Waals surface area contributed by atoms with Crippen LogP contribution in [0.5, 0.6) is 0 Å². The minimum atomic E-state index is -0.844. The highest BCUT2D eigenvalue weighted by Gasteiger charge is 2.51. The molecule has 0 spiro atoms. The van der Waals surface area contributed by atoms with Crippen molar-refractivity contribution in [2.75, 3.05) is 19.6 Å². The molecule has 2 atom stereocenters. The molecule has 2 N–H and O–H groups in total. The van der Waals surface area contributed by atoms with E-state index in [1.807, 2.05) is 67.6 Å². The summed E-state index contributed by atoms with van der Waals surface area (Å²) in [5.74, 6) is 1.30. The Bertz CT molecular complexity index is 967. The predicted octanol–water partition coefficient (Wildman–Crippen LogP) is 0.356. The van der Waals surface area contributed by atoms with E-state index in [0.717, 1.165) is 43.5 Å². The highest BCUT2D eigenvalue weighted by atomic mass is 79.9. The summed E-state index contributed by atoms with van der Waals surface area (Å²) in [5.41, 5.74) is 7.33. The minimum Gasteiger partial charge on any atom is -1.00 e. The fourth-order valence-electron chi connectivity index (χ4n) is 5.86. The topological polar surface area (TPSA) is 66.4 Å². The van der Waals surface area contributed by atoms with Crippen molar-refractivity contribution in [1.82, 2.24) is 4.90 Å². The number of amidine groups is 1. The average Bonchev–Trinajstić information content (AvgIpc) is 3.43. The summed E-state index contributed by atoms with van der Waals surface area (Å²) in [5, 5.41) is 0. The quantitative estimate of drug-likeness (QED) is 0.520. The Balaban J connectivity index is 0.00000306. The molecule has 1 aliphatic heterocycles. The number of hydrogen-bond donors (Lipinski definition) is 1. The van der Waals surface area contributed by atoms with Crippen molar-refractivity contribution in [1.29, 1.82) is 0 Å². The predicted molar refractivity (Wildman–Crippen MR) is 127 cm³/mol. The Morgan fingerprint density at radius 2 is 1.61 bits per heavy atom. The number of nitrogens with zero attached hydrogens (tertiary/aromatic N) is 2. The number of carbonyl (C=O) groups is 2. The van der Waals surface area contributed by atoms with Crippen LogP contribution in [0.15, 0.2) is 60.7 Å². The third-order valence-electron chi connectivity index (χ3n) is 7.55. The van der Waals surface area contributed by atoms with Crippen molar-refractivity contribution in [2.45, 2.75) is 51.0 Å². The van der Waals surface area contributed by atoms with Crippen molar-refractivity contribution in [3.8, 4) is 0 Å². The van der Waals surface area contributed by atoms with Crippen LogP contribution in [0.4, 0.5) is 0 Å². The number of halogens is 1. The fraction of sp³-hybridized carbons (Fsp3) is 0.444. The summed E-state index contributed by atoms with van der Waals surface area (Å²) in [7, 11) is 0. The van der Waals surface area contributed by atoms with Crippen LogP contribution in [0.1, 0.15) is 50.7 Å². The number of benzene rings is 2. The summed E-state index contributed by atoms with van der Waals surface area (Å²) >= 11 is 0. The fourth-order valence-corrected chi connectivity index (χ4v) is 5.86. The lowest BCUT2D eigenvalue weighted by Gasteiger charge is -2.37. The average molecular weight is 512 g/mol. The largest absolute Gasteiger partial charge is 1.00 e. The molecule has 2 aromatic carbocycles. The van der Waals surface area contributed by atoms with Gasteiger partial charge in [-0.15, -0.1) is 0 Å². The van der Waals surface area contributed by atoms with E-state index in [4.69, 9.17) is 5.73 Å². The van der Waals surface area contributed by atoms with Crippen molar-refractivity contribution in [3.63, 3.8) is 0 Å². The monoisotopic (exact) mass is 511 g/mol. The molecule has 5 nitrogen and oxygen atoms in total. The van der Waals surface area contributed by atoms with Crippen LogP contribution in [0.2, 0.25) is 0 Å². The minimum absolute atomic E-state index is 0. The first-order valence-electron chi connectivity index (χ1n) is 11.8. The van der Waals surface area contributed by atoms with Gasteiger partial charge in [-0.2, -0.15) is 0 Å². The molecule has 6 heteroatoms. The summed E-state index contributed by atoms with van der Waals surface area (Å²) in [6.07, 6.45) is 3.44. The second-order valence-electron chi connectivity index (χ2n) is 9.12. The number of hydrogen-bond acceptors (Lipinski definition) is 3. The maximum Gasteiger partial charge on any atom is 0.244 e. The Labute approximate surface area is 207 Å². The van der Waals surface area contributed by atoms with Crippen LogP contribution in [-0.4, -0.2) is 52.7 Å². The number of carbonyl (C=O) groups excluding carboxylic acids is 2. The lowest BCUT2D eigenvalue weighted by Crippen LogP contribution is -3.00. The molecule has 1 fully saturated rings. The highest BCUT2D eigenvalue weighted by Crippen LogP contribution is 2.47. The van der Waals surface area contributed by atoms with E-state index in [9.17, 15) is 9.59 Å². The first-order chi connectivity index (χ1) is 15.5. The van der Waals surface area contributed by atoms with Gasteiger partial charge in [0, 0.05) is 13.3 Å². The smallest absolute Gasteiger partial charge is 0.244 e. The van der Waals surface area contributed by atoms with E-state index in [2.05, 4.69) is 16.4 Å². The zero-order chi connectivity index (χ0) is 22.7. The van der Waals surface area contributed by atoms with Gasteiger partial charge in [0.05, 0.1) is 6.04 Å². The van der Waals surface area contributed by atoms with Crippen molar-refractivity contribution in [3.05, 3.63) is 71.8 Å². The molecule has 1 heterocycles. The molecule has 1 saturated carbocycles. The molecular formula is C27H34BrN3O2. The first-order valence-corrected chi connectivity index (χ1v) is 11.8. The van der Waals surface area contributed by atoms with E-state index < -0.39 is 5.41 Å². The Hall–Kier alpha value is -2.47. The van der Waals surface area contributed by atoms with Gasteiger partial charge in [0.15, 0.2) is 5.78 Å². The van der Waals surface area contributed by atoms with Gasteiger partial charge in [0.2, 0.25) is 11.7 Å². The van der Waals surface area contributed by atoms with Gasteiger partial charge in [-0.25, -0.2) is 0 Å². The summed E-state index contributed by atoms with van der Waals surface area (Å²) in [6, 6.07) is 20.4. The van der Waals surface area contributed by atoms with Crippen LogP contribution >= 0.6 is 0 Å². The molecule has 0 aromatic heterocycles. The molecule has 2 aliphatic rings. The van der Waals surface area contributed by atoms with Gasteiger partial charge in [-0.3, -0.25) is 19.1 Å². The molecule has 0 unspecified atom stereocenters. The van der Waals surface area contributed by atoms with Crippen LogP contribution in [0, 0.1) is 5.92 Å². The van der Waals surface area contributed by atoms with Crippen LogP contribution in [0.25, 0.3) is 0 Å². The normalized spacial score (nSPS) is 20.6. The lowest BCUT2D eigenvalue weighted by atomic mass is 9.64. The van der Waals surface area contributed by atoms with Crippen LogP contribution in [0.3, 0.4) is 0 Å². The van der Waals surface area contributed by atoms with Gasteiger partial charge in [0.1, 0.15) is 25.0 Å². The molecule has 0 saturated heterocycles. The number of rotatable bonds is 8. The second kappa shape index (κ2) is 10.6. The van der Waals surface area contributed by atoms with Gasteiger partial charge in [0.25, 0.3) is 0 Å². The second-order valence-corrected chi connectivity index (χ2v) is 9.12. The van der Waals surface area contributed by atoms with E-state index >= 15 is 0 Å². The standard InChI is InChI=1S/C27H33N3O2.BrH/c1-3-25(31)19-29-16-17-30(20(29)2)24-15-14-23(18-24)27(26(28)32,21-10-6-4-7-11-21)22-12-8-5-9-13-22;/h4-13,23-24H,3,14-19H2,1-2H3,(H-,28,32);1H/t23-,24+;/m1./s1. The number of amides is 1. The Kier molecular flexibility index (Phi) is 8.11. The molecule has 1 amide bonds. The number of ketones is 1. The number of primary amides is 1. The third-order valence-corrected chi connectivity index (χ3v) is 7.55. The van der Waals surface area contributed by atoms with E-state index in [0.29, 0.717) is 19.0 Å². The summed E-state index contributed by atoms with van der Waals surface area (Å²) in [4.78, 5) is 27.5. The Morgan fingerprint density at radius 1 is 1.03 bits per heavy atom. The van der Waals surface area contributed by atoms with Gasteiger partial charge in [-0.1, -0.05) is 67.6 Å². The molecular weight excluding hydrogens is 478 g/mol. The molecule has 33 heavy (non-hydrogen) atoms. The maximum absolute atomic E-state index is 13.3. The lowest BCUT2D eigenvalue weighted by molar-refractivity contribution is -0.556. The molecule has 0 radical (unpaired) electrons. The molecule has 1 aliphatic carbocycles. The van der Waals surface area contributed by atoms with Gasteiger partial charge < -0.3 is 22.7 Å². The van der Waals surface area contributed by atoms with Gasteiger partial charge >= 0.3 is 0 Å². The summed E-state index contributed by atoms with van der Waals surface area (Å²) < 4.78 is 2.45. The van der Waals surface area contributed by atoms with Crippen molar-refractivity contribution < 1.29 is 31.1 Å². The molecule has 176 valence electrons. The number of Topliss-reactive ketones (excluding diaryl/α,β-unsaturated/α-hetero) is 1. The van der Waals surface area contributed by atoms with Crippen LogP contribution < -0.4 is 22.7 Å². The van der Waals surface area contributed by atoms with E-state index in [1.54, 1.807) is 0 Å². The first kappa shape index (κ1) is 25.2. The van der Waals surface area contributed by atoms with Gasteiger partial charge in [-0.05, 0) is 36.3 Å². The number of nitrogens with two attached hydrogens (primary N) is 1. The maximum atomic E-state index is 13.3. The van der Waals surface area contributed by atoms with Crippen molar-refractivity contribution >= 4 is 17.5 Å². The Morgan fingerprint density at radius 3 is 2.12 bits per heavy atom. The summed E-state index contributed by atoms with van der Waals surface area (Å²) in [6.45, 7) is 6.36. The zero-order valence-electron chi connectivity index (χ0n) is 19.5. The van der Waals surface area contributed by atoms with E-state index in [1.165, 1.54) is 5.84 Å². The molecule has 0 bridgehead atoms. The highest BCUT2D eigenvalue weighted by molar-refractivity contribution is 5.91. The van der Waals surface area contributed by atoms with Crippen molar-refractivity contribution in [2.24, 2.45) is 11.7 Å². The van der Waals surface area contributed by atoms with Crippen LogP contribution in [-0.2, 0) is 15.0 Å². The molecule has 2 aromatic rings. The molecule has 4 rings (SSSR count).